The molecule has 1 heterocycles. The van der Waals surface area contributed by atoms with Gasteiger partial charge in [-0.25, -0.2) is 4.39 Å². The van der Waals surface area contributed by atoms with Gasteiger partial charge in [0.1, 0.15) is 11.6 Å². The van der Waals surface area contributed by atoms with E-state index >= 15 is 0 Å². The summed E-state index contributed by atoms with van der Waals surface area (Å²) in [5.74, 6) is 0.669. The van der Waals surface area contributed by atoms with Gasteiger partial charge >= 0.3 is 0 Å². The van der Waals surface area contributed by atoms with Crippen LogP contribution >= 0.6 is 0 Å². The lowest BCUT2D eigenvalue weighted by atomic mass is 10.0. The minimum absolute atomic E-state index is 0.174. The van der Waals surface area contributed by atoms with Crippen molar-refractivity contribution in [2.24, 2.45) is 0 Å². The van der Waals surface area contributed by atoms with Crippen LogP contribution < -0.4 is 4.74 Å². The Hall–Kier alpha value is -1.05. The molecule has 1 nitrogen and oxygen atoms in total. The number of aryl methyl sites for hydroxylation is 1. The summed E-state index contributed by atoms with van der Waals surface area (Å²) in [6.45, 7) is 2.03. The molecule has 1 aromatic rings. The fourth-order valence-corrected chi connectivity index (χ4v) is 1.49. The second-order valence-corrected chi connectivity index (χ2v) is 3.22. The molecule has 0 fully saturated rings. The van der Waals surface area contributed by atoms with Crippen LogP contribution in [0.3, 0.4) is 0 Å². The smallest absolute Gasteiger partial charge is 0.123 e. The Kier molecular flexibility index (Phi) is 1.75. The van der Waals surface area contributed by atoms with Crippen molar-refractivity contribution < 1.29 is 9.13 Å². The first-order valence-electron chi connectivity index (χ1n) is 4.21. The van der Waals surface area contributed by atoms with Crippen LogP contribution in [-0.2, 0) is 6.42 Å². The molecule has 0 aliphatic carbocycles. The predicted octanol–water partition coefficient (Wildman–Crippen LogP) is 2.54. The zero-order valence-corrected chi connectivity index (χ0v) is 7.01. The number of hydrogen-bond donors (Lipinski definition) is 0. The molecule has 0 N–H and O–H groups in total. The van der Waals surface area contributed by atoms with Gasteiger partial charge in [0.05, 0.1) is 6.10 Å². The Morgan fingerprint density at radius 1 is 1.50 bits per heavy atom. The first-order valence-corrected chi connectivity index (χ1v) is 4.21. The van der Waals surface area contributed by atoms with E-state index in [2.05, 4.69) is 0 Å². The standard InChI is InChI=1S/C10H11FO/c1-7-2-3-8-6-9(11)4-5-10(8)12-7/h4-7H,2-3H2,1H3. The lowest BCUT2D eigenvalue weighted by molar-refractivity contribution is 0.192. The molecule has 0 saturated heterocycles. The van der Waals surface area contributed by atoms with Crippen LogP contribution in [0.5, 0.6) is 5.75 Å². The highest BCUT2D eigenvalue weighted by Gasteiger charge is 2.15. The number of rotatable bonds is 0. The fourth-order valence-electron chi connectivity index (χ4n) is 1.49. The van der Waals surface area contributed by atoms with Crippen LogP contribution in [-0.4, -0.2) is 6.10 Å². The molecule has 0 bridgehead atoms. The Labute approximate surface area is 71.2 Å². The van der Waals surface area contributed by atoms with E-state index in [0.29, 0.717) is 0 Å². The molecule has 1 aliphatic heterocycles. The first kappa shape index (κ1) is 7.59. The maximum atomic E-state index is 12.7. The molecule has 64 valence electrons. The number of ether oxygens (including phenoxy) is 1. The zero-order valence-electron chi connectivity index (χ0n) is 7.01. The van der Waals surface area contributed by atoms with Gasteiger partial charge in [-0.05, 0) is 43.5 Å². The fraction of sp³-hybridized carbons (Fsp3) is 0.400. The molecule has 1 unspecified atom stereocenters. The Bertz CT molecular complexity index is 296. The molecule has 2 rings (SSSR count). The number of benzene rings is 1. The minimum atomic E-state index is -0.174. The van der Waals surface area contributed by atoms with Gasteiger partial charge < -0.3 is 4.74 Å². The van der Waals surface area contributed by atoms with Gasteiger partial charge in [-0.15, -0.1) is 0 Å². The van der Waals surface area contributed by atoms with Crippen LogP contribution in [0.4, 0.5) is 4.39 Å². The molecule has 0 aromatic heterocycles. The summed E-state index contributed by atoms with van der Waals surface area (Å²) in [6.07, 6.45) is 2.17. The van der Waals surface area contributed by atoms with Gasteiger partial charge in [-0.3, -0.25) is 0 Å². The summed E-state index contributed by atoms with van der Waals surface area (Å²) in [5.41, 5.74) is 0.994. The molecule has 1 aliphatic rings. The summed E-state index contributed by atoms with van der Waals surface area (Å²) in [6, 6.07) is 4.71. The van der Waals surface area contributed by atoms with Crippen LogP contribution in [0, 0.1) is 5.82 Å². The minimum Gasteiger partial charge on any atom is -0.490 e. The molecule has 0 spiro atoms. The largest absolute Gasteiger partial charge is 0.490 e. The summed E-state index contributed by atoms with van der Waals surface area (Å²) < 4.78 is 18.3. The topological polar surface area (TPSA) is 9.23 Å². The van der Waals surface area contributed by atoms with E-state index in [-0.39, 0.29) is 11.9 Å². The van der Waals surface area contributed by atoms with Crippen LogP contribution in [0.1, 0.15) is 18.9 Å². The maximum Gasteiger partial charge on any atom is 0.123 e. The molecular weight excluding hydrogens is 155 g/mol. The molecule has 12 heavy (non-hydrogen) atoms. The summed E-state index contributed by atoms with van der Waals surface area (Å²) >= 11 is 0. The van der Waals surface area contributed by atoms with Crippen molar-refractivity contribution in [3.63, 3.8) is 0 Å². The van der Waals surface area contributed by atoms with Gasteiger partial charge in [0.25, 0.3) is 0 Å². The van der Waals surface area contributed by atoms with Crippen molar-refractivity contribution >= 4 is 0 Å². The summed E-state index contributed by atoms with van der Waals surface area (Å²) in [5, 5.41) is 0. The third kappa shape index (κ3) is 1.29. The van der Waals surface area contributed by atoms with Crippen LogP contribution in [0.2, 0.25) is 0 Å². The van der Waals surface area contributed by atoms with Gasteiger partial charge in [0, 0.05) is 0 Å². The van der Waals surface area contributed by atoms with Crippen molar-refractivity contribution in [1.29, 1.82) is 0 Å². The molecule has 1 atom stereocenters. The quantitative estimate of drug-likeness (QED) is 0.575. The van der Waals surface area contributed by atoms with E-state index in [1.807, 2.05) is 6.92 Å². The number of hydrogen-bond acceptors (Lipinski definition) is 1. The summed E-state index contributed by atoms with van der Waals surface area (Å²) in [7, 11) is 0. The van der Waals surface area contributed by atoms with E-state index in [4.69, 9.17) is 4.74 Å². The van der Waals surface area contributed by atoms with E-state index in [0.717, 1.165) is 24.2 Å². The van der Waals surface area contributed by atoms with Crippen LogP contribution in [0.15, 0.2) is 18.2 Å². The highest BCUT2D eigenvalue weighted by Crippen LogP contribution is 2.27. The van der Waals surface area contributed by atoms with E-state index in [1.54, 1.807) is 12.1 Å². The zero-order chi connectivity index (χ0) is 8.55. The van der Waals surface area contributed by atoms with Crippen molar-refractivity contribution in [2.45, 2.75) is 25.9 Å². The monoisotopic (exact) mass is 166 g/mol. The second kappa shape index (κ2) is 2.77. The third-order valence-electron chi connectivity index (χ3n) is 2.17. The average molecular weight is 166 g/mol. The van der Waals surface area contributed by atoms with Gasteiger partial charge in [0.15, 0.2) is 0 Å². The van der Waals surface area contributed by atoms with Crippen molar-refractivity contribution in [3.8, 4) is 5.75 Å². The van der Waals surface area contributed by atoms with Crippen molar-refractivity contribution in [1.82, 2.24) is 0 Å². The summed E-state index contributed by atoms with van der Waals surface area (Å²) in [4.78, 5) is 0. The Morgan fingerprint density at radius 2 is 2.33 bits per heavy atom. The van der Waals surface area contributed by atoms with Gasteiger partial charge in [0.2, 0.25) is 0 Å². The second-order valence-electron chi connectivity index (χ2n) is 3.22. The van der Waals surface area contributed by atoms with Crippen molar-refractivity contribution in [3.05, 3.63) is 29.6 Å². The van der Waals surface area contributed by atoms with E-state index < -0.39 is 0 Å². The van der Waals surface area contributed by atoms with Crippen molar-refractivity contribution in [2.75, 3.05) is 0 Å². The Morgan fingerprint density at radius 3 is 3.17 bits per heavy atom. The number of halogens is 1. The molecular formula is C10H11FO. The highest BCUT2D eigenvalue weighted by molar-refractivity contribution is 5.35. The molecule has 0 amide bonds. The van der Waals surface area contributed by atoms with Gasteiger partial charge in [-0.1, -0.05) is 0 Å². The normalized spacial score (nSPS) is 21.3. The molecule has 0 radical (unpaired) electrons. The number of fused-ring (bicyclic) bond motifs is 1. The lowest BCUT2D eigenvalue weighted by Gasteiger charge is -2.22. The SMILES string of the molecule is CC1CCc2cc(F)ccc2O1. The molecule has 1 aromatic carbocycles. The average Bonchev–Trinajstić information content (AvgIpc) is 2.05. The Balaban J connectivity index is 2.37. The lowest BCUT2D eigenvalue weighted by Crippen LogP contribution is -2.18. The van der Waals surface area contributed by atoms with Crippen LogP contribution in [0.25, 0.3) is 0 Å². The predicted molar refractivity (Wildman–Crippen MR) is 44.8 cm³/mol. The maximum absolute atomic E-state index is 12.7. The first-order chi connectivity index (χ1) is 5.75. The van der Waals surface area contributed by atoms with E-state index in [9.17, 15) is 4.39 Å². The van der Waals surface area contributed by atoms with Gasteiger partial charge in [-0.2, -0.15) is 0 Å². The highest BCUT2D eigenvalue weighted by atomic mass is 19.1. The molecule has 0 saturated carbocycles. The third-order valence-corrected chi connectivity index (χ3v) is 2.17. The molecule has 2 heteroatoms. The van der Waals surface area contributed by atoms with E-state index in [1.165, 1.54) is 6.07 Å².